The number of nitrogens with zero attached hydrogens (tertiary/aromatic N) is 4. The monoisotopic (exact) mass is 832 g/mol. The molecule has 0 bridgehead atoms. The van der Waals surface area contributed by atoms with Crippen LogP contribution in [-0.4, -0.2) is 70.0 Å². The number of aromatic hydroxyl groups is 1. The number of phenolic OH excluding ortho intramolecular Hbond substituents is 1. The average molecular weight is 833 g/mol. The number of hydrogen-bond acceptors (Lipinski definition) is 17. The third-order valence-corrected chi connectivity index (χ3v) is 11.6. The summed E-state index contributed by atoms with van der Waals surface area (Å²) in [6, 6.07) is 9.85. The van der Waals surface area contributed by atoms with Crippen LogP contribution in [0.1, 0.15) is 0 Å². The summed E-state index contributed by atoms with van der Waals surface area (Å²) >= 11 is 0. The molecule has 0 aromatic heterocycles. The summed E-state index contributed by atoms with van der Waals surface area (Å²) in [4.78, 5) is -5.86. The molecule has 0 aliphatic carbocycles. The van der Waals surface area contributed by atoms with Crippen molar-refractivity contribution in [3.05, 3.63) is 60.7 Å². The minimum atomic E-state index is -5.47. The molecule has 0 aliphatic rings. The predicted octanol–water partition coefficient (Wildman–Crippen LogP) is 3.93. The summed E-state index contributed by atoms with van der Waals surface area (Å²) < 4.78 is 171. The third-order valence-electron chi connectivity index (χ3n) is 7.15. The molecule has 5 aromatic carbocycles. The maximum absolute atomic E-state index is 12.4. The third kappa shape index (κ3) is 7.64. The van der Waals surface area contributed by atoms with Gasteiger partial charge in [0.1, 0.15) is 47.2 Å². The molecule has 22 nitrogen and oxygen atoms in total. The fourth-order valence-corrected chi connectivity index (χ4v) is 8.46. The number of nitrogen functional groups attached to an aromatic ring is 2. The molecule has 0 spiro atoms. The second-order valence-corrected chi connectivity index (χ2v) is 17.5. The summed E-state index contributed by atoms with van der Waals surface area (Å²) in [5.74, 6) is -1.34. The Morgan fingerprint density at radius 3 is 1.55 bits per heavy atom. The van der Waals surface area contributed by atoms with Gasteiger partial charge in [0, 0.05) is 5.39 Å². The molecule has 53 heavy (non-hydrogen) atoms. The van der Waals surface area contributed by atoms with Gasteiger partial charge in [-0.15, -0.1) is 20.5 Å². The predicted molar refractivity (Wildman–Crippen MR) is 182 cm³/mol. The van der Waals surface area contributed by atoms with Gasteiger partial charge in [0.2, 0.25) is 0 Å². The summed E-state index contributed by atoms with van der Waals surface area (Å²) in [6.45, 7) is 0. The Balaban J connectivity index is 1.83. The highest BCUT2D eigenvalue weighted by Crippen LogP contribution is 2.49. The molecule has 10 N–H and O–H groups in total. The van der Waals surface area contributed by atoms with Gasteiger partial charge in [-0.25, -0.2) is 0 Å². The SMILES string of the molecule is Nc1cc(N=Nc2c(S(=O)(=O)O)cc3cc(S(=O)(=O)O)c(N=Nc4ccc5ccccc5c4S(=O)(=O)O)c(N)c3c2O)c(S(=O)(=O)O)cc1S(=O)(=O)O. The average Bonchev–Trinajstić information content (AvgIpc) is 3.00. The van der Waals surface area contributed by atoms with Crippen molar-refractivity contribution in [3.8, 4) is 5.75 Å². The van der Waals surface area contributed by atoms with Crippen molar-refractivity contribution in [1.82, 2.24) is 0 Å². The van der Waals surface area contributed by atoms with E-state index in [2.05, 4.69) is 20.5 Å². The van der Waals surface area contributed by atoms with Gasteiger partial charge >= 0.3 is 0 Å². The van der Waals surface area contributed by atoms with Crippen molar-refractivity contribution in [2.24, 2.45) is 20.5 Å². The van der Waals surface area contributed by atoms with E-state index in [-0.39, 0.29) is 11.5 Å². The fourth-order valence-electron chi connectivity index (χ4n) is 4.97. The first-order chi connectivity index (χ1) is 24.2. The smallest absolute Gasteiger partial charge is 0.297 e. The van der Waals surface area contributed by atoms with Crippen LogP contribution in [0.5, 0.6) is 5.75 Å². The van der Waals surface area contributed by atoms with E-state index in [1.807, 2.05) is 0 Å². The van der Waals surface area contributed by atoms with Crippen molar-refractivity contribution in [2.45, 2.75) is 24.5 Å². The van der Waals surface area contributed by atoms with Gasteiger partial charge in [0.25, 0.3) is 50.6 Å². The minimum Gasteiger partial charge on any atom is -0.505 e. The van der Waals surface area contributed by atoms with Gasteiger partial charge in [-0.2, -0.15) is 42.1 Å². The van der Waals surface area contributed by atoms with Crippen molar-refractivity contribution < 1.29 is 70.0 Å². The number of hydrogen-bond donors (Lipinski definition) is 8. The Labute approximate surface area is 297 Å². The molecule has 0 fully saturated rings. The summed E-state index contributed by atoms with van der Waals surface area (Å²) in [7, 11) is -26.5. The van der Waals surface area contributed by atoms with E-state index >= 15 is 0 Å². The highest BCUT2D eigenvalue weighted by Gasteiger charge is 2.29. The Bertz CT molecular complexity index is 3060. The maximum Gasteiger partial charge on any atom is 0.297 e. The number of rotatable bonds is 9. The van der Waals surface area contributed by atoms with Crippen LogP contribution >= 0.6 is 0 Å². The number of azo groups is 2. The molecule has 27 heteroatoms. The highest BCUT2D eigenvalue weighted by molar-refractivity contribution is 7.87. The summed E-state index contributed by atoms with van der Waals surface area (Å²) in [5.41, 5.74) is 6.12. The molecule has 0 radical (unpaired) electrons. The number of fused-ring (bicyclic) bond motifs is 2. The van der Waals surface area contributed by atoms with Crippen LogP contribution in [0, 0.1) is 0 Å². The van der Waals surface area contributed by atoms with E-state index in [0.717, 1.165) is 6.07 Å². The van der Waals surface area contributed by atoms with Crippen molar-refractivity contribution in [3.63, 3.8) is 0 Å². The quantitative estimate of drug-likeness (QED) is 0.0592. The maximum atomic E-state index is 12.4. The van der Waals surface area contributed by atoms with Crippen LogP contribution < -0.4 is 11.5 Å². The van der Waals surface area contributed by atoms with Gasteiger partial charge in [0.05, 0.1) is 16.8 Å². The summed E-state index contributed by atoms with van der Waals surface area (Å²) in [5, 5.41) is 24.4. The van der Waals surface area contributed by atoms with Gasteiger partial charge in [-0.05, 0) is 41.1 Å². The van der Waals surface area contributed by atoms with E-state index in [9.17, 15) is 70.0 Å². The molecule has 5 aromatic rings. The van der Waals surface area contributed by atoms with E-state index < -0.39 is 126 Å². The van der Waals surface area contributed by atoms with E-state index in [4.69, 9.17) is 11.5 Å². The number of benzene rings is 5. The molecule has 5 rings (SSSR count). The van der Waals surface area contributed by atoms with E-state index in [1.165, 1.54) is 24.3 Å². The van der Waals surface area contributed by atoms with Crippen molar-refractivity contribution in [1.29, 1.82) is 0 Å². The Morgan fingerprint density at radius 2 is 1.00 bits per heavy atom. The lowest BCUT2D eigenvalue weighted by Crippen LogP contribution is -2.07. The molecule has 0 heterocycles. The van der Waals surface area contributed by atoms with Crippen LogP contribution in [-0.2, 0) is 50.6 Å². The molecule has 280 valence electrons. The normalized spacial score (nSPS) is 13.5. The lowest BCUT2D eigenvalue weighted by molar-refractivity contribution is 0.471. The molecule has 0 aliphatic heterocycles. The number of phenols is 1. The van der Waals surface area contributed by atoms with Gasteiger partial charge in [-0.1, -0.05) is 30.3 Å². The van der Waals surface area contributed by atoms with E-state index in [0.29, 0.717) is 23.6 Å². The summed E-state index contributed by atoms with van der Waals surface area (Å²) in [6.07, 6.45) is 0. The van der Waals surface area contributed by atoms with Crippen molar-refractivity contribution >= 4 is 106 Å². The number of nitrogens with two attached hydrogens (primary N) is 2. The molecule has 0 unspecified atom stereocenters. The van der Waals surface area contributed by atoms with Crippen LogP contribution in [0.15, 0.2) is 106 Å². The van der Waals surface area contributed by atoms with Gasteiger partial charge < -0.3 is 16.6 Å². The van der Waals surface area contributed by atoms with Crippen LogP contribution in [0.25, 0.3) is 21.5 Å². The van der Waals surface area contributed by atoms with Gasteiger partial charge in [-0.3, -0.25) is 22.8 Å². The molecular formula is C26H20N6O16S5. The van der Waals surface area contributed by atoms with Crippen LogP contribution in [0.2, 0.25) is 0 Å². The number of anilines is 2. The van der Waals surface area contributed by atoms with Gasteiger partial charge in [0.15, 0.2) is 5.75 Å². The first-order valence-electron chi connectivity index (χ1n) is 13.5. The second-order valence-electron chi connectivity index (χ2n) is 10.6. The van der Waals surface area contributed by atoms with Crippen molar-refractivity contribution in [2.75, 3.05) is 11.5 Å². The lowest BCUT2D eigenvalue weighted by Gasteiger charge is -2.14. The zero-order valence-electron chi connectivity index (χ0n) is 25.5. The molecular weight excluding hydrogens is 813 g/mol. The topological polar surface area (TPSA) is 394 Å². The first kappa shape index (κ1) is 39.0. The molecule has 0 amide bonds. The Hall–Kier alpha value is -5.23. The Morgan fingerprint density at radius 1 is 0.491 bits per heavy atom. The minimum absolute atomic E-state index is 0.0372. The fraction of sp³-hybridized carbons (Fsp3) is 0. The van der Waals surface area contributed by atoms with E-state index in [1.54, 1.807) is 6.07 Å². The zero-order valence-corrected chi connectivity index (χ0v) is 29.6. The lowest BCUT2D eigenvalue weighted by atomic mass is 10.1. The highest BCUT2D eigenvalue weighted by atomic mass is 32.2. The molecule has 0 saturated heterocycles. The standard InChI is InChI=1S/C26H20N6O16S5/c27-14-9-16(18(50(37,38)39)10-17(14)49(34,35)36)30-32-24-20(52(43,44)45)8-12-7-19(51(40,41)42)23(22(28)21(12)25(24)33)31-29-15-6-5-11-3-1-2-4-13(11)26(15)53(46,47)48/h1-10,33H,27-28H2,(H,34,35,36)(H,37,38,39)(H,40,41,42)(H,43,44,45)(H,46,47,48). The molecule has 0 atom stereocenters. The second kappa shape index (κ2) is 13.0. The van der Waals surface area contributed by atoms with Crippen LogP contribution in [0.4, 0.5) is 34.1 Å². The zero-order chi connectivity index (χ0) is 39.6. The largest absolute Gasteiger partial charge is 0.505 e. The van der Waals surface area contributed by atoms with Crippen LogP contribution in [0.3, 0.4) is 0 Å². The first-order valence-corrected chi connectivity index (χ1v) is 20.7. The molecule has 0 saturated carbocycles. The Kier molecular flexibility index (Phi) is 9.57.